The molecule has 0 aromatic heterocycles. The van der Waals surface area contributed by atoms with Gasteiger partial charge in [0.25, 0.3) is 0 Å². The first-order valence-electron chi connectivity index (χ1n) is 6.87. The van der Waals surface area contributed by atoms with Crippen molar-refractivity contribution in [3.05, 3.63) is 0 Å². The normalized spacial score (nSPS) is 17.8. The fraction of sp³-hybridized carbons (Fsp3) is 0.923. The Labute approximate surface area is 117 Å². The highest BCUT2D eigenvalue weighted by Gasteiger charge is 2.28. The summed E-state index contributed by atoms with van der Waals surface area (Å²) in [6.07, 6.45) is 3.02. The fourth-order valence-electron chi connectivity index (χ4n) is 1.91. The van der Waals surface area contributed by atoms with E-state index >= 15 is 0 Å². The van der Waals surface area contributed by atoms with E-state index < -0.39 is 6.04 Å². The third-order valence-corrected chi connectivity index (χ3v) is 10.6. The molecule has 0 aliphatic carbocycles. The van der Waals surface area contributed by atoms with Crippen LogP contribution in [0.4, 0.5) is 0 Å². The molecule has 0 bridgehead atoms. The minimum atomic E-state index is -1.46. The topological polar surface area (TPSA) is 38.3 Å². The van der Waals surface area contributed by atoms with Crippen LogP contribution in [0.15, 0.2) is 0 Å². The van der Waals surface area contributed by atoms with Gasteiger partial charge in [0.1, 0.15) is 0 Å². The summed E-state index contributed by atoms with van der Waals surface area (Å²) in [6, 6.07) is -1.46. The molecule has 0 aromatic carbocycles. The van der Waals surface area contributed by atoms with E-state index in [9.17, 15) is 4.79 Å². The second kappa shape index (κ2) is 9.06. The van der Waals surface area contributed by atoms with Crippen molar-refractivity contribution in [2.24, 2.45) is 0 Å². The van der Waals surface area contributed by atoms with Gasteiger partial charge in [-0.3, -0.25) is 4.79 Å². The van der Waals surface area contributed by atoms with Crippen molar-refractivity contribution >= 4 is 23.8 Å². The van der Waals surface area contributed by atoms with Gasteiger partial charge in [-0.1, -0.05) is 39.5 Å². The van der Waals surface area contributed by atoms with Crippen molar-refractivity contribution in [1.29, 1.82) is 0 Å². The molecule has 0 amide bonds. The van der Waals surface area contributed by atoms with Gasteiger partial charge in [-0.15, -0.1) is 0 Å². The minimum Gasteiger partial charge on any atom is -0.465 e. The van der Waals surface area contributed by atoms with Gasteiger partial charge in [-0.05, 0) is 37.1 Å². The van der Waals surface area contributed by atoms with Gasteiger partial charge in [-0.2, -0.15) is 0 Å². The van der Waals surface area contributed by atoms with E-state index in [2.05, 4.69) is 33.0 Å². The summed E-state index contributed by atoms with van der Waals surface area (Å²) in [7, 11) is 0. The lowest BCUT2D eigenvalue weighted by molar-refractivity contribution is -0.141. The molecular weight excluding hydrogens is 265 g/mol. The van der Waals surface area contributed by atoms with Crippen LogP contribution in [0.25, 0.3) is 0 Å². The zero-order chi connectivity index (χ0) is 14.2. The first-order valence-corrected chi connectivity index (χ1v) is 9.99. The summed E-state index contributed by atoms with van der Waals surface area (Å²) in [4.78, 5) is 11.3. The van der Waals surface area contributed by atoms with Gasteiger partial charge in [0.05, 0.1) is 13.2 Å². The van der Waals surface area contributed by atoms with Crippen LogP contribution in [0.5, 0.6) is 0 Å². The molecular formula is C13H28NO2PS. The number of hydrogen-bond acceptors (Lipinski definition) is 4. The largest absolute Gasteiger partial charge is 0.465 e. The SMILES string of the molecule is CCOC(=O)CNCP(=S)(C(C)CC)C(C)CC. The maximum absolute atomic E-state index is 11.3. The van der Waals surface area contributed by atoms with Crippen molar-refractivity contribution < 1.29 is 9.53 Å². The van der Waals surface area contributed by atoms with Crippen LogP contribution < -0.4 is 5.32 Å². The molecule has 2 atom stereocenters. The zero-order valence-corrected chi connectivity index (χ0v) is 14.1. The number of carbonyl (C=O) groups is 1. The second-order valence-electron chi connectivity index (χ2n) is 4.76. The lowest BCUT2D eigenvalue weighted by atomic mass is 10.4. The van der Waals surface area contributed by atoms with Crippen LogP contribution in [-0.4, -0.2) is 36.7 Å². The first kappa shape index (κ1) is 18.1. The average molecular weight is 293 g/mol. The van der Waals surface area contributed by atoms with Crippen molar-refractivity contribution in [2.45, 2.75) is 58.8 Å². The van der Waals surface area contributed by atoms with E-state index in [4.69, 9.17) is 16.5 Å². The molecule has 18 heavy (non-hydrogen) atoms. The molecule has 5 heteroatoms. The molecule has 2 unspecified atom stereocenters. The van der Waals surface area contributed by atoms with Crippen LogP contribution in [0.2, 0.25) is 0 Å². The van der Waals surface area contributed by atoms with E-state index in [-0.39, 0.29) is 12.5 Å². The minimum absolute atomic E-state index is 0.188. The Bertz CT molecular complexity index is 283. The summed E-state index contributed by atoms with van der Waals surface area (Å²) in [5.41, 5.74) is 1.13. The predicted molar refractivity (Wildman–Crippen MR) is 83.3 cm³/mol. The van der Waals surface area contributed by atoms with Gasteiger partial charge >= 0.3 is 5.97 Å². The maximum atomic E-state index is 11.3. The average Bonchev–Trinajstić information content (AvgIpc) is 2.36. The molecule has 0 saturated carbocycles. The Hall–Kier alpha value is 0.0800. The highest BCUT2D eigenvalue weighted by Crippen LogP contribution is 2.56. The summed E-state index contributed by atoms with van der Waals surface area (Å²) >= 11 is 5.96. The Morgan fingerprint density at radius 2 is 1.72 bits per heavy atom. The summed E-state index contributed by atoms with van der Waals surface area (Å²) in [5.74, 6) is -0.188. The second-order valence-corrected chi connectivity index (χ2v) is 10.6. The summed E-state index contributed by atoms with van der Waals surface area (Å²) in [5, 5.41) is 3.21. The summed E-state index contributed by atoms with van der Waals surface area (Å²) in [6.45, 7) is 11.4. The lowest BCUT2D eigenvalue weighted by Crippen LogP contribution is -2.29. The zero-order valence-electron chi connectivity index (χ0n) is 12.4. The highest BCUT2D eigenvalue weighted by molar-refractivity contribution is 8.15. The monoisotopic (exact) mass is 293 g/mol. The van der Waals surface area contributed by atoms with Crippen molar-refractivity contribution in [2.75, 3.05) is 19.4 Å². The molecule has 0 saturated heterocycles. The van der Waals surface area contributed by atoms with Crippen molar-refractivity contribution in [3.8, 4) is 0 Å². The molecule has 0 rings (SSSR count). The van der Waals surface area contributed by atoms with Crippen LogP contribution >= 0.6 is 6.04 Å². The van der Waals surface area contributed by atoms with Gasteiger partial charge in [0.2, 0.25) is 0 Å². The van der Waals surface area contributed by atoms with Gasteiger partial charge in [0.15, 0.2) is 0 Å². The number of ether oxygens (including phenoxy) is 1. The Balaban J connectivity index is 4.44. The smallest absolute Gasteiger partial charge is 0.319 e. The van der Waals surface area contributed by atoms with Gasteiger partial charge in [0, 0.05) is 6.29 Å². The Morgan fingerprint density at radius 1 is 1.22 bits per heavy atom. The highest BCUT2D eigenvalue weighted by atomic mass is 32.4. The van der Waals surface area contributed by atoms with Gasteiger partial charge in [-0.25, -0.2) is 0 Å². The van der Waals surface area contributed by atoms with E-state index in [1.807, 2.05) is 6.92 Å². The van der Waals surface area contributed by atoms with E-state index in [0.717, 1.165) is 19.1 Å². The van der Waals surface area contributed by atoms with E-state index in [1.54, 1.807) is 0 Å². The van der Waals surface area contributed by atoms with Crippen molar-refractivity contribution in [1.82, 2.24) is 5.32 Å². The molecule has 0 heterocycles. The van der Waals surface area contributed by atoms with E-state index in [0.29, 0.717) is 17.9 Å². The summed E-state index contributed by atoms with van der Waals surface area (Å²) < 4.78 is 4.91. The predicted octanol–water partition coefficient (Wildman–Crippen LogP) is 3.17. The Morgan fingerprint density at radius 3 is 2.11 bits per heavy atom. The van der Waals surface area contributed by atoms with Crippen LogP contribution in [0, 0.1) is 0 Å². The number of carbonyl (C=O) groups excluding carboxylic acids is 1. The van der Waals surface area contributed by atoms with Crippen LogP contribution in [0.1, 0.15) is 47.5 Å². The third-order valence-electron chi connectivity index (χ3n) is 3.61. The molecule has 0 radical (unpaired) electrons. The van der Waals surface area contributed by atoms with E-state index in [1.165, 1.54) is 0 Å². The van der Waals surface area contributed by atoms with Crippen LogP contribution in [0.3, 0.4) is 0 Å². The number of hydrogen-bond donors (Lipinski definition) is 1. The molecule has 0 fully saturated rings. The molecule has 0 spiro atoms. The number of nitrogens with one attached hydrogen (secondary N) is 1. The first-order chi connectivity index (χ1) is 8.42. The van der Waals surface area contributed by atoms with Crippen LogP contribution in [-0.2, 0) is 21.3 Å². The molecule has 0 aromatic rings. The van der Waals surface area contributed by atoms with Gasteiger partial charge < -0.3 is 10.1 Å². The number of esters is 1. The number of rotatable bonds is 9. The standard InChI is InChI=1S/C13H28NO2PS/c1-6-11(4)17(18,12(5)7-2)10-14-9-13(15)16-8-3/h11-12,14H,6-10H2,1-5H3. The molecule has 3 nitrogen and oxygen atoms in total. The maximum Gasteiger partial charge on any atom is 0.319 e. The lowest BCUT2D eigenvalue weighted by Gasteiger charge is -2.33. The molecule has 0 aliphatic heterocycles. The Kier molecular flexibility index (Phi) is 9.10. The molecule has 1 N–H and O–H groups in total. The quantitative estimate of drug-likeness (QED) is 0.523. The van der Waals surface area contributed by atoms with Crippen molar-refractivity contribution in [3.63, 3.8) is 0 Å². The molecule has 108 valence electrons. The fourth-order valence-corrected chi connectivity index (χ4v) is 6.27. The molecule has 0 aliphatic rings. The third kappa shape index (κ3) is 5.38.